The number of rotatable bonds is 7. The number of hydrogen-bond donors (Lipinski definition) is 2. The first kappa shape index (κ1) is 25.1. The lowest BCUT2D eigenvalue weighted by molar-refractivity contribution is 0.139. The van der Waals surface area contributed by atoms with E-state index in [-0.39, 0.29) is 35.2 Å². The molecule has 2 N–H and O–H groups in total. The van der Waals surface area contributed by atoms with Crippen LogP contribution in [0.25, 0.3) is 0 Å². The van der Waals surface area contributed by atoms with Crippen molar-refractivity contribution in [1.29, 1.82) is 0 Å². The van der Waals surface area contributed by atoms with E-state index < -0.39 is 0 Å². The third kappa shape index (κ3) is 8.21. The second-order valence-corrected chi connectivity index (χ2v) is 8.41. The quantitative estimate of drug-likeness (QED) is 0.340. The lowest BCUT2D eigenvalue weighted by Crippen LogP contribution is -2.48. The lowest BCUT2D eigenvalue weighted by atomic mass is 9.84. The van der Waals surface area contributed by atoms with Crippen LogP contribution in [0.1, 0.15) is 26.3 Å². The number of hydrogen-bond acceptors (Lipinski definition) is 3. The Balaban J connectivity index is 0.00000392. The van der Waals surface area contributed by atoms with Gasteiger partial charge in [-0.15, -0.1) is 24.0 Å². The van der Waals surface area contributed by atoms with E-state index in [1.165, 1.54) is 6.07 Å². The van der Waals surface area contributed by atoms with Gasteiger partial charge in [0, 0.05) is 58.3 Å². The van der Waals surface area contributed by atoms with E-state index in [1.54, 1.807) is 19.2 Å². The number of aliphatic imine (C=N–C) groups is 1. The molecular formula is C21H37FIN5. The standard InChI is InChI=1S/C21H36FN5.HI/c1-17(15-27-11-9-26(5)10-12-27)14-24-20(23-4)25-16-21(2,3)18-7-6-8-19(22)13-18;/h6-8,13,17H,9-12,14-16H2,1-5H3,(H2,23,24,25);1H. The van der Waals surface area contributed by atoms with E-state index in [1.807, 2.05) is 6.07 Å². The largest absolute Gasteiger partial charge is 0.356 e. The van der Waals surface area contributed by atoms with Crippen LogP contribution in [0, 0.1) is 11.7 Å². The van der Waals surface area contributed by atoms with Crippen LogP contribution in [0.15, 0.2) is 29.3 Å². The van der Waals surface area contributed by atoms with Gasteiger partial charge >= 0.3 is 0 Å². The van der Waals surface area contributed by atoms with Crippen LogP contribution in [0.2, 0.25) is 0 Å². The van der Waals surface area contributed by atoms with Crippen molar-refractivity contribution < 1.29 is 4.39 Å². The molecule has 0 bridgehead atoms. The van der Waals surface area contributed by atoms with Crippen molar-refractivity contribution in [1.82, 2.24) is 20.4 Å². The Hall–Kier alpha value is -0.930. The molecule has 1 atom stereocenters. The molecule has 28 heavy (non-hydrogen) atoms. The fraction of sp³-hybridized carbons (Fsp3) is 0.667. The van der Waals surface area contributed by atoms with Gasteiger partial charge in [-0.2, -0.15) is 0 Å². The van der Waals surface area contributed by atoms with Gasteiger partial charge in [-0.1, -0.05) is 32.9 Å². The molecule has 1 saturated heterocycles. The summed E-state index contributed by atoms with van der Waals surface area (Å²) >= 11 is 0. The zero-order chi connectivity index (χ0) is 19.9. The zero-order valence-corrected chi connectivity index (χ0v) is 20.3. The highest BCUT2D eigenvalue weighted by Crippen LogP contribution is 2.22. The summed E-state index contributed by atoms with van der Waals surface area (Å²) in [5, 5.41) is 6.82. The predicted octanol–water partition coefficient (Wildman–Crippen LogP) is 2.77. The molecule has 5 nitrogen and oxygen atoms in total. The number of halogens is 2. The fourth-order valence-corrected chi connectivity index (χ4v) is 3.34. The van der Waals surface area contributed by atoms with Crippen molar-refractivity contribution in [2.24, 2.45) is 10.9 Å². The molecule has 1 aliphatic heterocycles. The maximum Gasteiger partial charge on any atom is 0.191 e. The molecule has 2 rings (SSSR count). The molecule has 1 aromatic carbocycles. The maximum absolute atomic E-state index is 13.5. The summed E-state index contributed by atoms with van der Waals surface area (Å²) in [6, 6.07) is 6.82. The Morgan fingerprint density at radius 2 is 1.89 bits per heavy atom. The third-order valence-electron chi connectivity index (χ3n) is 5.31. The molecular weight excluding hydrogens is 468 g/mol. The van der Waals surface area contributed by atoms with E-state index in [9.17, 15) is 4.39 Å². The van der Waals surface area contributed by atoms with Crippen molar-refractivity contribution in [2.75, 3.05) is 59.9 Å². The van der Waals surface area contributed by atoms with E-state index in [0.29, 0.717) is 12.5 Å². The lowest BCUT2D eigenvalue weighted by Gasteiger charge is -2.34. The Labute approximate surface area is 187 Å². The van der Waals surface area contributed by atoms with Gasteiger partial charge < -0.3 is 20.4 Å². The minimum Gasteiger partial charge on any atom is -0.356 e. The van der Waals surface area contributed by atoms with Crippen molar-refractivity contribution in [2.45, 2.75) is 26.2 Å². The van der Waals surface area contributed by atoms with Crippen molar-refractivity contribution in [3.8, 4) is 0 Å². The van der Waals surface area contributed by atoms with E-state index in [4.69, 9.17) is 0 Å². The van der Waals surface area contributed by atoms with Crippen LogP contribution in [0.3, 0.4) is 0 Å². The van der Waals surface area contributed by atoms with E-state index in [2.05, 4.69) is 53.2 Å². The average Bonchev–Trinajstić information content (AvgIpc) is 2.64. The first-order valence-corrected chi connectivity index (χ1v) is 9.91. The average molecular weight is 505 g/mol. The normalized spacial score (nSPS) is 17.7. The summed E-state index contributed by atoms with van der Waals surface area (Å²) in [5.74, 6) is 1.15. The molecule has 7 heteroatoms. The summed E-state index contributed by atoms with van der Waals surface area (Å²) in [6.45, 7) is 13.8. The smallest absolute Gasteiger partial charge is 0.191 e. The minimum absolute atomic E-state index is 0. The van der Waals surface area contributed by atoms with Gasteiger partial charge in [0.05, 0.1) is 0 Å². The molecule has 0 aromatic heterocycles. The number of nitrogens with zero attached hydrogens (tertiary/aromatic N) is 3. The van der Waals surface area contributed by atoms with Crippen molar-refractivity contribution >= 4 is 29.9 Å². The van der Waals surface area contributed by atoms with Crippen molar-refractivity contribution in [3.05, 3.63) is 35.6 Å². The van der Waals surface area contributed by atoms with Crippen LogP contribution in [0.4, 0.5) is 4.39 Å². The molecule has 0 aliphatic carbocycles. The van der Waals surface area contributed by atoms with Gasteiger partial charge in [0.15, 0.2) is 5.96 Å². The van der Waals surface area contributed by atoms with Crippen LogP contribution >= 0.6 is 24.0 Å². The van der Waals surface area contributed by atoms with Gasteiger partial charge in [0.2, 0.25) is 0 Å². The minimum atomic E-state index is -0.194. The number of benzene rings is 1. The van der Waals surface area contributed by atoms with Crippen molar-refractivity contribution in [3.63, 3.8) is 0 Å². The van der Waals surface area contributed by atoms with Gasteiger partial charge in [-0.25, -0.2) is 4.39 Å². The topological polar surface area (TPSA) is 42.9 Å². The maximum atomic E-state index is 13.5. The zero-order valence-electron chi connectivity index (χ0n) is 18.0. The van der Waals surface area contributed by atoms with Crippen LogP contribution in [-0.4, -0.2) is 75.7 Å². The molecule has 1 heterocycles. The highest BCUT2D eigenvalue weighted by atomic mass is 127. The molecule has 1 aliphatic rings. The van der Waals surface area contributed by atoms with Gasteiger partial charge in [-0.3, -0.25) is 4.99 Å². The molecule has 1 fully saturated rings. The Morgan fingerprint density at radius 3 is 2.50 bits per heavy atom. The SMILES string of the molecule is CN=C(NCC(C)CN1CCN(C)CC1)NCC(C)(C)c1cccc(F)c1.I. The number of piperazine rings is 1. The highest BCUT2D eigenvalue weighted by Gasteiger charge is 2.22. The second-order valence-electron chi connectivity index (χ2n) is 8.41. The van der Waals surface area contributed by atoms with Gasteiger partial charge in [-0.05, 0) is 30.7 Å². The molecule has 160 valence electrons. The predicted molar refractivity (Wildman–Crippen MR) is 127 cm³/mol. The fourth-order valence-electron chi connectivity index (χ4n) is 3.34. The Kier molecular flexibility index (Phi) is 10.7. The molecule has 1 aromatic rings. The second kappa shape index (κ2) is 11.9. The van der Waals surface area contributed by atoms with Crippen LogP contribution < -0.4 is 10.6 Å². The van der Waals surface area contributed by atoms with E-state index >= 15 is 0 Å². The molecule has 0 spiro atoms. The number of nitrogens with one attached hydrogen (secondary N) is 2. The molecule has 0 saturated carbocycles. The summed E-state index contributed by atoms with van der Waals surface area (Å²) in [5.41, 5.74) is 0.791. The summed E-state index contributed by atoms with van der Waals surface area (Å²) in [6.07, 6.45) is 0. The first-order chi connectivity index (χ1) is 12.8. The number of guanidine groups is 1. The monoisotopic (exact) mass is 505 g/mol. The van der Waals surface area contributed by atoms with Gasteiger partial charge in [0.1, 0.15) is 5.82 Å². The Bertz CT molecular complexity index is 615. The van der Waals surface area contributed by atoms with Crippen LogP contribution in [-0.2, 0) is 5.41 Å². The highest BCUT2D eigenvalue weighted by molar-refractivity contribution is 14.0. The molecule has 0 amide bonds. The van der Waals surface area contributed by atoms with Crippen LogP contribution in [0.5, 0.6) is 0 Å². The summed E-state index contributed by atoms with van der Waals surface area (Å²) in [4.78, 5) is 9.25. The first-order valence-electron chi connectivity index (χ1n) is 9.91. The summed E-state index contributed by atoms with van der Waals surface area (Å²) < 4.78 is 13.5. The summed E-state index contributed by atoms with van der Waals surface area (Å²) in [7, 11) is 3.97. The Morgan fingerprint density at radius 1 is 1.21 bits per heavy atom. The molecule has 0 radical (unpaired) electrons. The number of likely N-dealkylation sites (N-methyl/N-ethyl adjacent to an activating group) is 1. The van der Waals surface area contributed by atoms with E-state index in [0.717, 1.165) is 50.8 Å². The molecule has 1 unspecified atom stereocenters. The third-order valence-corrected chi connectivity index (χ3v) is 5.31. The van der Waals surface area contributed by atoms with Gasteiger partial charge in [0.25, 0.3) is 0 Å².